The molecule has 3 heterocycles. The van der Waals surface area contributed by atoms with E-state index in [4.69, 9.17) is 33.2 Å². The van der Waals surface area contributed by atoms with Gasteiger partial charge in [-0.1, -0.05) is 19.1 Å². The molecule has 0 spiro atoms. The Morgan fingerprint density at radius 1 is 0.897 bits per heavy atom. The van der Waals surface area contributed by atoms with E-state index in [1.807, 2.05) is 19.0 Å². The Kier molecular flexibility index (Phi) is 11.9. The predicted octanol–water partition coefficient (Wildman–Crippen LogP) is 3.16. The fraction of sp³-hybridized carbons (Fsp3) is 0.619. The topological polar surface area (TPSA) is 217 Å². The van der Waals surface area contributed by atoms with Gasteiger partial charge in [-0.2, -0.15) is 0 Å². The predicted molar refractivity (Wildman–Crippen MR) is 201 cm³/mol. The second kappa shape index (κ2) is 16.3. The van der Waals surface area contributed by atoms with Gasteiger partial charge < -0.3 is 58.5 Å². The van der Waals surface area contributed by atoms with E-state index in [2.05, 4.69) is 0 Å². The summed E-state index contributed by atoms with van der Waals surface area (Å²) < 4.78 is 42.6. The van der Waals surface area contributed by atoms with Crippen LogP contribution in [0.25, 0.3) is 0 Å². The number of ketones is 3. The van der Waals surface area contributed by atoms with Crippen LogP contribution < -0.4 is 0 Å². The molecule has 16 heteroatoms. The molecule has 3 fully saturated rings. The lowest BCUT2D eigenvalue weighted by molar-refractivity contribution is -0.324. The van der Waals surface area contributed by atoms with Gasteiger partial charge in [0.2, 0.25) is 5.78 Å². The third-order valence-electron chi connectivity index (χ3n) is 12.4. The lowest BCUT2D eigenvalue weighted by Crippen LogP contribution is -2.58. The Morgan fingerprint density at radius 3 is 2.21 bits per heavy atom. The number of phenols is 2. The van der Waals surface area contributed by atoms with E-state index in [0.29, 0.717) is 12.8 Å². The molecule has 2 aromatic carbocycles. The van der Waals surface area contributed by atoms with Crippen LogP contribution in [0.15, 0.2) is 24.3 Å². The molecule has 2 aromatic rings. The summed E-state index contributed by atoms with van der Waals surface area (Å²) in [5.41, 5.74) is -2.49. The van der Waals surface area contributed by atoms with Gasteiger partial charge in [0.25, 0.3) is 0 Å². The Labute approximate surface area is 336 Å². The van der Waals surface area contributed by atoms with Crippen LogP contribution in [0.5, 0.6) is 11.5 Å². The van der Waals surface area contributed by atoms with Gasteiger partial charge in [-0.3, -0.25) is 19.2 Å². The molecule has 0 radical (unpaired) electrons. The first-order valence-electron chi connectivity index (χ1n) is 19.9. The summed E-state index contributed by atoms with van der Waals surface area (Å²) >= 11 is 0. The number of aliphatic hydroxyl groups excluding tert-OH is 1. The normalized spacial score (nSPS) is 36.3. The Morgan fingerprint density at radius 2 is 1.57 bits per heavy atom. The van der Waals surface area contributed by atoms with Crippen LogP contribution in [-0.2, 0) is 42.7 Å². The first-order valence-corrected chi connectivity index (χ1v) is 19.9. The second-order valence-electron chi connectivity index (χ2n) is 16.3. The smallest absolute Gasteiger partial charge is 0.316 e. The molecular formula is C42H53NO15. The highest BCUT2D eigenvalue weighted by Gasteiger charge is 2.53. The van der Waals surface area contributed by atoms with Crippen molar-refractivity contribution in [2.24, 2.45) is 0 Å². The van der Waals surface area contributed by atoms with Crippen molar-refractivity contribution in [2.45, 2.75) is 145 Å². The average Bonchev–Trinajstić information content (AvgIpc) is 3.17. The van der Waals surface area contributed by atoms with Crippen molar-refractivity contribution in [1.82, 2.24) is 4.90 Å². The summed E-state index contributed by atoms with van der Waals surface area (Å²) in [6, 6.07) is 5.11. The van der Waals surface area contributed by atoms with Crippen LogP contribution in [0.1, 0.15) is 121 Å². The number of Topliss-reactive ketones (excluding diaryl/α,β-unsaturated/α-hetero) is 1. The minimum absolute atomic E-state index is 0.00573. The summed E-state index contributed by atoms with van der Waals surface area (Å²) in [5.74, 6) is -4.59. The summed E-state index contributed by atoms with van der Waals surface area (Å²) in [6.45, 7) is 6.95. The molecule has 4 N–H and O–H groups in total. The van der Waals surface area contributed by atoms with Gasteiger partial charge in [0, 0.05) is 54.8 Å². The molecule has 3 saturated heterocycles. The second-order valence-corrected chi connectivity index (χ2v) is 16.3. The zero-order chi connectivity index (χ0) is 42.0. The first kappa shape index (κ1) is 42.3. The number of aliphatic hydroxyl groups is 2. The quantitative estimate of drug-likeness (QED) is 0.228. The molecule has 0 aromatic heterocycles. The molecule has 58 heavy (non-hydrogen) atoms. The maximum absolute atomic E-state index is 13.9. The third kappa shape index (κ3) is 7.47. The highest BCUT2D eigenvalue weighted by atomic mass is 16.7. The fourth-order valence-corrected chi connectivity index (χ4v) is 9.27. The van der Waals surface area contributed by atoms with Crippen molar-refractivity contribution in [2.75, 3.05) is 21.2 Å². The summed E-state index contributed by atoms with van der Waals surface area (Å²) in [4.78, 5) is 55.0. The zero-order valence-corrected chi connectivity index (χ0v) is 33.7. The van der Waals surface area contributed by atoms with E-state index < -0.39 is 102 Å². The number of nitrogens with zero attached hydrogens (tertiary/aromatic N) is 1. The van der Waals surface area contributed by atoms with E-state index in [9.17, 15) is 39.6 Å². The van der Waals surface area contributed by atoms with Gasteiger partial charge in [-0.15, -0.1) is 0 Å². The van der Waals surface area contributed by atoms with Crippen LogP contribution in [0.3, 0.4) is 0 Å². The van der Waals surface area contributed by atoms with Crippen LogP contribution in [-0.4, -0.2) is 137 Å². The van der Waals surface area contributed by atoms with Crippen molar-refractivity contribution in [1.29, 1.82) is 0 Å². The van der Waals surface area contributed by atoms with Crippen LogP contribution in [0.4, 0.5) is 0 Å². The minimum Gasteiger partial charge on any atom is -0.507 e. The van der Waals surface area contributed by atoms with E-state index in [1.165, 1.54) is 31.4 Å². The minimum atomic E-state index is -1.76. The van der Waals surface area contributed by atoms with Crippen molar-refractivity contribution in [3.8, 4) is 11.5 Å². The molecule has 7 rings (SSSR count). The monoisotopic (exact) mass is 811 g/mol. The first-order chi connectivity index (χ1) is 27.5. The summed E-state index contributed by atoms with van der Waals surface area (Å²) in [7, 11) is 4.91. The highest BCUT2D eigenvalue weighted by molar-refractivity contribution is 6.30. The molecular weight excluding hydrogens is 758 g/mol. The van der Waals surface area contributed by atoms with Crippen molar-refractivity contribution < 1.29 is 72.8 Å². The number of hydrogen-bond donors (Lipinski definition) is 4. The lowest BCUT2D eigenvalue weighted by atomic mass is 9.67. The maximum Gasteiger partial charge on any atom is 0.316 e. The molecule has 0 bridgehead atoms. The zero-order valence-electron chi connectivity index (χ0n) is 33.7. The van der Waals surface area contributed by atoms with E-state index in [-0.39, 0.29) is 70.9 Å². The summed E-state index contributed by atoms with van der Waals surface area (Å²) in [6.07, 6.45) is -6.64. The summed E-state index contributed by atoms with van der Waals surface area (Å²) in [5, 5.41) is 45.9. The molecule has 16 nitrogen and oxygen atoms in total. The van der Waals surface area contributed by atoms with Crippen molar-refractivity contribution >= 4 is 23.3 Å². The van der Waals surface area contributed by atoms with E-state index >= 15 is 0 Å². The number of fused-ring (bicyclic) bond motifs is 3. The number of likely N-dealkylation sites (N-methyl/N-ethyl adjacent to an activating group) is 1. The molecule has 0 amide bonds. The molecule has 316 valence electrons. The Bertz CT molecular complexity index is 1940. The van der Waals surface area contributed by atoms with Crippen molar-refractivity contribution in [3.05, 3.63) is 57.6 Å². The maximum atomic E-state index is 13.9. The van der Waals surface area contributed by atoms with Gasteiger partial charge in [-0.25, -0.2) is 0 Å². The van der Waals surface area contributed by atoms with Gasteiger partial charge >= 0.3 is 5.97 Å². The number of carbonyl (C=O) groups excluding carboxylic acids is 4. The average molecular weight is 812 g/mol. The van der Waals surface area contributed by atoms with E-state index in [1.54, 1.807) is 27.7 Å². The van der Waals surface area contributed by atoms with E-state index in [0.717, 1.165) is 0 Å². The molecule has 3 unspecified atom stereocenters. The lowest BCUT2D eigenvalue weighted by Gasteiger charge is -2.48. The van der Waals surface area contributed by atoms with Gasteiger partial charge in [0.1, 0.15) is 35.7 Å². The van der Waals surface area contributed by atoms with Crippen LogP contribution in [0.2, 0.25) is 0 Å². The molecule has 5 aliphatic rings. The number of phenolic OH excluding ortho intramolecular Hbond substituents is 2. The highest BCUT2D eigenvalue weighted by Crippen LogP contribution is 2.54. The molecule has 3 aliphatic heterocycles. The SMILES string of the molecule is CC[C@@]1(O)C[C@H](O[C@H]2C[C@@H](N(C)C)[C@@H](O[C@H]3C[C@@H](O)[C@@H](O[C@H]4CCC(=O)C(C)O4)C(C)O3)C(C)O2)c2c(cc3c(c2O)C(=O)c2c(O)cccc2C3=O)[C@H]1C(=O)OC. The number of esters is 1. The number of aromatic hydroxyl groups is 2. The number of ether oxygens (including phenoxy) is 7. The number of hydrogen-bond acceptors (Lipinski definition) is 16. The van der Waals surface area contributed by atoms with Gasteiger partial charge in [0.15, 0.2) is 30.4 Å². The molecule has 13 atom stereocenters. The molecule has 2 aliphatic carbocycles. The number of carbonyl (C=O) groups is 4. The number of benzene rings is 2. The largest absolute Gasteiger partial charge is 0.507 e. The number of methoxy groups -OCH3 is 1. The third-order valence-corrected chi connectivity index (χ3v) is 12.4. The molecule has 0 saturated carbocycles. The standard InChI is InChI=1S/C42H53NO15/c1-8-42(51)17-28(33-22(35(42)41(50)52-7)14-23-34(38(33)49)37(48)32-21(36(23)47)10-9-11-26(32)45)56-30-15-24(43(5)6)39(19(3)54-30)58-31-16-27(46)40(20(4)55-31)57-29-13-12-25(44)18(2)53-29/h9-11,14,18-20,24,27-31,35,39-40,45-46,49,51H,8,12-13,15-17H2,1-7H3/t18?,19?,20?,24-,27-,28+,29+,30+,31+,35+,39+,40+,42-/m1/s1. The Hall–Kier alpha value is -3.84. The fourth-order valence-electron chi connectivity index (χ4n) is 9.27. The Balaban J connectivity index is 1.13. The van der Waals surface area contributed by atoms with Gasteiger partial charge in [-0.05, 0) is 59.0 Å². The van der Waals surface area contributed by atoms with Crippen molar-refractivity contribution in [3.63, 3.8) is 0 Å². The van der Waals surface area contributed by atoms with Gasteiger partial charge in [0.05, 0.1) is 48.3 Å². The van der Waals surface area contributed by atoms with Crippen LogP contribution in [0, 0.1) is 0 Å². The van der Waals surface area contributed by atoms with Crippen LogP contribution >= 0.6 is 0 Å². The number of rotatable bonds is 9.